The molecule has 1 atom stereocenters. The van der Waals surface area contributed by atoms with Crippen molar-refractivity contribution in [3.63, 3.8) is 0 Å². The van der Waals surface area contributed by atoms with Crippen molar-refractivity contribution in [1.29, 1.82) is 0 Å². The van der Waals surface area contributed by atoms with E-state index in [2.05, 4.69) is 9.71 Å². The van der Waals surface area contributed by atoms with Crippen LogP contribution in [0, 0.1) is 0 Å². The Bertz CT molecular complexity index is 922. The number of hydrogen-bond acceptors (Lipinski definition) is 3. The first-order valence-electron chi connectivity index (χ1n) is 7.27. The molecule has 24 heavy (non-hydrogen) atoms. The number of hydrogen-bond donors (Lipinski definition) is 1. The van der Waals surface area contributed by atoms with Gasteiger partial charge in [-0.3, -0.25) is 0 Å². The summed E-state index contributed by atoms with van der Waals surface area (Å²) >= 11 is 5.94. The molecule has 3 aromatic rings. The van der Waals surface area contributed by atoms with Crippen LogP contribution in [0.25, 0.3) is 0 Å². The average Bonchev–Trinajstić information content (AvgIpc) is 3.00. The summed E-state index contributed by atoms with van der Waals surface area (Å²) in [5.41, 5.74) is 0.758. The third kappa shape index (κ3) is 3.51. The maximum Gasteiger partial charge on any atom is 0.241 e. The Balaban J connectivity index is 2.03. The Morgan fingerprint density at radius 2 is 1.75 bits per heavy atom. The third-order valence-corrected chi connectivity index (χ3v) is 5.34. The van der Waals surface area contributed by atoms with Crippen molar-refractivity contribution in [2.45, 2.75) is 10.9 Å². The summed E-state index contributed by atoms with van der Waals surface area (Å²) in [5, 5.41) is 0.586. The Labute approximate surface area is 146 Å². The predicted octanol–water partition coefficient (Wildman–Crippen LogP) is 3.14. The van der Waals surface area contributed by atoms with Crippen LogP contribution in [0.1, 0.15) is 17.4 Å². The standard InChI is InChI=1S/C17H16ClN3O2S/c1-21-12-11-19-17(21)16(13-7-9-14(18)10-8-13)20-24(22,23)15-5-3-2-4-6-15/h2-12,16,20H,1H3/t16-/m1/s1. The van der Waals surface area contributed by atoms with E-state index >= 15 is 0 Å². The zero-order valence-electron chi connectivity index (χ0n) is 12.9. The number of rotatable bonds is 5. The molecule has 2 aromatic carbocycles. The van der Waals surface area contributed by atoms with E-state index in [0.717, 1.165) is 5.56 Å². The summed E-state index contributed by atoms with van der Waals surface area (Å²) in [6.45, 7) is 0. The zero-order chi connectivity index (χ0) is 17.2. The van der Waals surface area contributed by atoms with E-state index in [1.165, 1.54) is 0 Å². The van der Waals surface area contributed by atoms with Gasteiger partial charge in [0.2, 0.25) is 10.0 Å². The Morgan fingerprint density at radius 3 is 2.33 bits per heavy atom. The molecule has 0 saturated carbocycles. The maximum absolute atomic E-state index is 12.7. The molecule has 1 aromatic heterocycles. The molecule has 124 valence electrons. The molecular weight excluding hydrogens is 346 g/mol. The van der Waals surface area contributed by atoms with Gasteiger partial charge in [0.15, 0.2) is 0 Å². The van der Waals surface area contributed by atoms with Gasteiger partial charge in [-0.15, -0.1) is 0 Å². The molecule has 0 fully saturated rings. The largest absolute Gasteiger partial charge is 0.336 e. The number of imidazole rings is 1. The molecule has 0 aliphatic heterocycles. The van der Waals surface area contributed by atoms with Crippen molar-refractivity contribution in [2.75, 3.05) is 0 Å². The fraction of sp³-hybridized carbons (Fsp3) is 0.118. The predicted molar refractivity (Wildman–Crippen MR) is 93.3 cm³/mol. The van der Waals surface area contributed by atoms with Gasteiger partial charge >= 0.3 is 0 Å². The summed E-state index contributed by atoms with van der Waals surface area (Å²) in [6, 6.07) is 14.7. The number of aryl methyl sites for hydroxylation is 1. The van der Waals surface area contributed by atoms with Crippen molar-refractivity contribution < 1.29 is 8.42 Å². The lowest BCUT2D eigenvalue weighted by Crippen LogP contribution is -2.31. The van der Waals surface area contributed by atoms with E-state index in [-0.39, 0.29) is 4.90 Å². The number of nitrogens with zero attached hydrogens (tertiary/aromatic N) is 2. The highest BCUT2D eigenvalue weighted by atomic mass is 35.5. The van der Waals surface area contributed by atoms with Gasteiger partial charge in [0.1, 0.15) is 11.9 Å². The van der Waals surface area contributed by atoms with Crippen molar-refractivity contribution in [3.8, 4) is 0 Å². The minimum Gasteiger partial charge on any atom is -0.336 e. The van der Waals surface area contributed by atoms with E-state index < -0.39 is 16.1 Å². The topological polar surface area (TPSA) is 64.0 Å². The monoisotopic (exact) mass is 361 g/mol. The average molecular weight is 362 g/mol. The molecule has 1 heterocycles. The summed E-state index contributed by atoms with van der Waals surface area (Å²) in [4.78, 5) is 4.50. The summed E-state index contributed by atoms with van der Waals surface area (Å²) in [7, 11) is -1.88. The Kier molecular flexibility index (Phi) is 4.71. The van der Waals surface area contributed by atoms with Crippen LogP contribution in [0.2, 0.25) is 5.02 Å². The Hall–Kier alpha value is -2.15. The highest BCUT2D eigenvalue weighted by molar-refractivity contribution is 7.89. The zero-order valence-corrected chi connectivity index (χ0v) is 14.5. The summed E-state index contributed by atoms with van der Waals surface area (Å²) < 4.78 is 29.9. The number of nitrogens with one attached hydrogen (secondary N) is 1. The normalized spacial score (nSPS) is 12.9. The Morgan fingerprint density at radius 1 is 1.08 bits per heavy atom. The van der Waals surface area contributed by atoms with Crippen molar-refractivity contribution in [1.82, 2.24) is 14.3 Å². The van der Waals surface area contributed by atoms with Gasteiger partial charge in [0.25, 0.3) is 0 Å². The van der Waals surface area contributed by atoms with Gasteiger partial charge in [-0.1, -0.05) is 41.9 Å². The molecule has 0 aliphatic carbocycles. The minimum atomic E-state index is -3.70. The first-order chi connectivity index (χ1) is 11.5. The fourth-order valence-electron chi connectivity index (χ4n) is 2.40. The van der Waals surface area contributed by atoms with Gasteiger partial charge in [-0.2, -0.15) is 4.72 Å². The van der Waals surface area contributed by atoms with Crippen LogP contribution in [0.4, 0.5) is 0 Å². The van der Waals surface area contributed by atoms with Crippen LogP contribution in [-0.2, 0) is 17.1 Å². The summed E-state index contributed by atoms with van der Waals surface area (Å²) in [5.74, 6) is 0.594. The van der Waals surface area contributed by atoms with Crippen LogP contribution in [0.5, 0.6) is 0 Å². The molecule has 0 aliphatic rings. The molecule has 7 heteroatoms. The van der Waals surface area contributed by atoms with E-state index in [0.29, 0.717) is 10.8 Å². The van der Waals surface area contributed by atoms with E-state index in [1.54, 1.807) is 71.6 Å². The molecule has 0 spiro atoms. The number of benzene rings is 2. The van der Waals surface area contributed by atoms with E-state index in [9.17, 15) is 8.42 Å². The molecule has 1 N–H and O–H groups in total. The molecular formula is C17H16ClN3O2S. The lowest BCUT2D eigenvalue weighted by molar-refractivity contribution is 0.563. The molecule has 0 amide bonds. The van der Waals surface area contributed by atoms with Gasteiger partial charge in [-0.05, 0) is 29.8 Å². The second kappa shape index (κ2) is 6.76. The van der Waals surface area contributed by atoms with Crippen LogP contribution in [-0.4, -0.2) is 18.0 Å². The SMILES string of the molecule is Cn1ccnc1[C@H](NS(=O)(=O)c1ccccc1)c1ccc(Cl)cc1. The van der Waals surface area contributed by atoms with Gasteiger partial charge in [0.05, 0.1) is 4.90 Å². The van der Waals surface area contributed by atoms with Crippen LogP contribution < -0.4 is 4.72 Å². The number of aromatic nitrogens is 2. The van der Waals surface area contributed by atoms with Crippen molar-refractivity contribution >= 4 is 21.6 Å². The maximum atomic E-state index is 12.7. The second-order valence-electron chi connectivity index (χ2n) is 5.32. The third-order valence-electron chi connectivity index (χ3n) is 3.65. The van der Waals surface area contributed by atoms with Crippen molar-refractivity contribution in [3.05, 3.63) is 83.4 Å². The molecule has 0 bridgehead atoms. The van der Waals surface area contributed by atoms with E-state index in [4.69, 9.17) is 11.6 Å². The fourth-order valence-corrected chi connectivity index (χ4v) is 3.73. The van der Waals surface area contributed by atoms with Gasteiger partial charge < -0.3 is 4.57 Å². The molecule has 0 radical (unpaired) electrons. The van der Waals surface area contributed by atoms with Crippen LogP contribution in [0.3, 0.4) is 0 Å². The van der Waals surface area contributed by atoms with E-state index in [1.807, 2.05) is 7.05 Å². The first-order valence-corrected chi connectivity index (χ1v) is 9.13. The highest BCUT2D eigenvalue weighted by Crippen LogP contribution is 2.24. The minimum absolute atomic E-state index is 0.207. The lowest BCUT2D eigenvalue weighted by Gasteiger charge is -2.19. The van der Waals surface area contributed by atoms with Crippen LogP contribution >= 0.6 is 11.6 Å². The second-order valence-corrected chi connectivity index (χ2v) is 7.47. The van der Waals surface area contributed by atoms with Gasteiger partial charge in [-0.25, -0.2) is 13.4 Å². The quantitative estimate of drug-likeness (QED) is 0.759. The smallest absolute Gasteiger partial charge is 0.241 e. The molecule has 0 unspecified atom stereocenters. The summed E-state index contributed by atoms with van der Waals surface area (Å²) in [6.07, 6.45) is 3.41. The van der Waals surface area contributed by atoms with Gasteiger partial charge in [0, 0.05) is 24.5 Å². The number of sulfonamides is 1. The molecule has 5 nitrogen and oxygen atoms in total. The first kappa shape index (κ1) is 16.7. The van der Waals surface area contributed by atoms with Crippen molar-refractivity contribution in [2.24, 2.45) is 7.05 Å². The molecule has 3 rings (SSSR count). The van der Waals surface area contributed by atoms with Crippen LogP contribution in [0.15, 0.2) is 71.9 Å². The number of halogens is 1. The highest BCUT2D eigenvalue weighted by Gasteiger charge is 2.25. The lowest BCUT2D eigenvalue weighted by atomic mass is 10.1. The molecule has 0 saturated heterocycles.